The molecule has 140 valence electrons. The van der Waals surface area contributed by atoms with Gasteiger partial charge >= 0.3 is 0 Å². The number of nitro benzene ring substituents is 1. The number of methoxy groups -OCH3 is 1. The predicted octanol–water partition coefficient (Wildman–Crippen LogP) is 3.24. The summed E-state index contributed by atoms with van der Waals surface area (Å²) in [5, 5.41) is 15.3. The lowest BCUT2D eigenvalue weighted by Gasteiger charge is -2.15. The molecule has 0 aliphatic carbocycles. The topological polar surface area (TPSA) is 116 Å². The third-order valence-corrected chi connectivity index (χ3v) is 5.24. The van der Waals surface area contributed by atoms with E-state index in [4.69, 9.17) is 16.3 Å². The number of nitrogens with one attached hydrogen (secondary N) is 1. The molecular weight excluding hydrogens is 396 g/mol. The van der Waals surface area contributed by atoms with Crippen molar-refractivity contribution in [1.82, 2.24) is 9.78 Å². The number of non-ortho nitro benzene ring substituents is 1. The zero-order valence-electron chi connectivity index (χ0n) is 13.9. The molecule has 3 rings (SSSR count). The van der Waals surface area contributed by atoms with Gasteiger partial charge in [-0.2, -0.15) is 5.10 Å². The van der Waals surface area contributed by atoms with E-state index < -0.39 is 14.9 Å². The van der Waals surface area contributed by atoms with Gasteiger partial charge in [0, 0.05) is 23.5 Å². The fourth-order valence-corrected chi connectivity index (χ4v) is 3.78. The van der Waals surface area contributed by atoms with Gasteiger partial charge in [-0.05, 0) is 30.3 Å². The van der Waals surface area contributed by atoms with Crippen molar-refractivity contribution in [3.63, 3.8) is 0 Å². The Balaban J connectivity index is 2.06. The van der Waals surface area contributed by atoms with Gasteiger partial charge in [-0.3, -0.25) is 14.8 Å². The SMILES string of the molecule is COc1cc([N+](=O)[O-])ccc1S(=O)(=O)Nc1cc(Cl)ccc1-n1cccn1. The minimum atomic E-state index is -4.13. The highest BCUT2D eigenvalue weighted by Crippen LogP contribution is 2.32. The third kappa shape index (κ3) is 3.86. The van der Waals surface area contributed by atoms with Gasteiger partial charge in [0.25, 0.3) is 15.7 Å². The van der Waals surface area contributed by atoms with Gasteiger partial charge in [-0.25, -0.2) is 13.1 Å². The van der Waals surface area contributed by atoms with Crippen molar-refractivity contribution in [1.29, 1.82) is 0 Å². The second kappa shape index (κ2) is 7.25. The summed E-state index contributed by atoms with van der Waals surface area (Å²) >= 11 is 6.00. The highest BCUT2D eigenvalue weighted by molar-refractivity contribution is 7.92. The van der Waals surface area contributed by atoms with Crippen LogP contribution in [0.5, 0.6) is 5.75 Å². The number of ether oxygens (including phenoxy) is 1. The number of nitrogens with zero attached hydrogens (tertiary/aromatic N) is 3. The van der Waals surface area contributed by atoms with Crippen LogP contribution in [-0.4, -0.2) is 30.2 Å². The molecule has 27 heavy (non-hydrogen) atoms. The smallest absolute Gasteiger partial charge is 0.273 e. The van der Waals surface area contributed by atoms with Crippen LogP contribution in [0.15, 0.2) is 59.8 Å². The van der Waals surface area contributed by atoms with Crippen molar-refractivity contribution >= 4 is 33.0 Å². The van der Waals surface area contributed by atoms with Crippen molar-refractivity contribution < 1.29 is 18.1 Å². The van der Waals surface area contributed by atoms with Crippen LogP contribution in [0.25, 0.3) is 5.69 Å². The summed E-state index contributed by atoms with van der Waals surface area (Å²) in [6.07, 6.45) is 3.19. The Hall–Kier alpha value is -3.11. The molecule has 0 unspecified atom stereocenters. The molecule has 0 atom stereocenters. The molecule has 0 aliphatic heterocycles. The van der Waals surface area contributed by atoms with Crippen molar-refractivity contribution in [3.05, 3.63) is 70.0 Å². The number of sulfonamides is 1. The number of hydrogen-bond acceptors (Lipinski definition) is 6. The van der Waals surface area contributed by atoms with Crippen LogP contribution in [0.4, 0.5) is 11.4 Å². The second-order valence-corrected chi connectivity index (χ2v) is 7.40. The molecule has 9 nitrogen and oxygen atoms in total. The molecule has 1 N–H and O–H groups in total. The lowest BCUT2D eigenvalue weighted by molar-refractivity contribution is -0.385. The minimum Gasteiger partial charge on any atom is -0.495 e. The highest BCUT2D eigenvalue weighted by Gasteiger charge is 2.24. The Bertz CT molecular complexity index is 1100. The maximum absolute atomic E-state index is 12.9. The third-order valence-electron chi connectivity index (χ3n) is 3.60. The van der Waals surface area contributed by atoms with Gasteiger partial charge in [-0.1, -0.05) is 11.6 Å². The van der Waals surface area contributed by atoms with Gasteiger partial charge < -0.3 is 4.74 Å². The van der Waals surface area contributed by atoms with Crippen LogP contribution in [0, 0.1) is 10.1 Å². The number of benzene rings is 2. The molecule has 0 saturated heterocycles. The van der Waals surface area contributed by atoms with E-state index in [1.165, 1.54) is 17.9 Å². The number of rotatable bonds is 6. The first-order chi connectivity index (χ1) is 12.8. The van der Waals surface area contributed by atoms with Crippen LogP contribution >= 0.6 is 11.6 Å². The molecule has 1 heterocycles. The number of hydrogen-bond donors (Lipinski definition) is 1. The van der Waals surface area contributed by atoms with Gasteiger partial charge in [0.1, 0.15) is 10.6 Å². The molecule has 11 heteroatoms. The molecule has 0 amide bonds. The number of nitro groups is 1. The summed E-state index contributed by atoms with van der Waals surface area (Å²) in [5.74, 6) is -0.153. The molecule has 3 aromatic rings. The first kappa shape index (κ1) is 18.7. The molecular formula is C16H13ClN4O5S. The maximum Gasteiger partial charge on any atom is 0.273 e. The molecule has 2 aromatic carbocycles. The van der Waals surface area contributed by atoms with E-state index in [0.717, 1.165) is 18.2 Å². The van der Waals surface area contributed by atoms with E-state index in [1.807, 2.05) is 0 Å². The standard InChI is InChI=1S/C16H13ClN4O5S/c1-26-15-10-12(21(22)23)4-6-16(15)27(24,25)19-13-9-11(17)3-5-14(13)20-8-2-7-18-20/h2-10,19H,1H3. The normalized spacial score (nSPS) is 11.2. The van der Waals surface area contributed by atoms with E-state index in [0.29, 0.717) is 10.7 Å². The van der Waals surface area contributed by atoms with Crippen molar-refractivity contribution in [3.8, 4) is 11.4 Å². The number of halogens is 1. The Morgan fingerprint density at radius 3 is 2.67 bits per heavy atom. The fourth-order valence-electron chi connectivity index (χ4n) is 2.39. The summed E-state index contributed by atoms with van der Waals surface area (Å²) in [6.45, 7) is 0. The summed E-state index contributed by atoms with van der Waals surface area (Å²) in [5.41, 5.74) is 0.353. The minimum absolute atomic E-state index is 0.153. The average molecular weight is 409 g/mol. The predicted molar refractivity (Wildman–Crippen MR) is 99.0 cm³/mol. The first-order valence-corrected chi connectivity index (χ1v) is 9.33. The van der Waals surface area contributed by atoms with E-state index in [1.54, 1.807) is 30.6 Å². The van der Waals surface area contributed by atoms with Crippen molar-refractivity contribution in [2.75, 3.05) is 11.8 Å². The van der Waals surface area contributed by atoms with Crippen LogP contribution in [-0.2, 0) is 10.0 Å². The molecule has 0 spiro atoms. The largest absolute Gasteiger partial charge is 0.495 e. The maximum atomic E-state index is 12.9. The Morgan fingerprint density at radius 2 is 2.04 bits per heavy atom. The quantitative estimate of drug-likeness (QED) is 0.494. The molecule has 0 bridgehead atoms. The lowest BCUT2D eigenvalue weighted by atomic mass is 10.3. The first-order valence-electron chi connectivity index (χ1n) is 7.46. The second-order valence-electron chi connectivity index (χ2n) is 5.31. The fraction of sp³-hybridized carbons (Fsp3) is 0.0625. The summed E-state index contributed by atoms with van der Waals surface area (Å²) in [7, 11) is -2.90. The Morgan fingerprint density at radius 1 is 1.26 bits per heavy atom. The summed E-state index contributed by atoms with van der Waals surface area (Å²) < 4.78 is 34.6. The van der Waals surface area contributed by atoms with Crippen molar-refractivity contribution in [2.45, 2.75) is 4.90 Å². The zero-order valence-corrected chi connectivity index (χ0v) is 15.4. The zero-order chi connectivity index (χ0) is 19.6. The Kier molecular flexibility index (Phi) is 5.02. The van der Waals surface area contributed by atoms with Gasteiger partial charge in [-0.15, -0.1) is 0 Å². The summed E-state index contributed by atoms with van der Waals surface area (Å²) in [4.78, 5) is 10.0. The van der Waals surface area contributed by atoms with Crippen LogP contribution < -0.4 is 9.46 Å². The molecule has 0 radical (unpaired) electrons. The van der Waals surface area contributed by atoms with E-state index in [2.05, 4.69) is 9.82 Å². The van der Waals surface area contributed by atoms with E-state index in [9.17, 15) is 18.5 Å². The Labute approximate surface area is 159 Å². The number of aromatic nitrogens is 2. The summed E-state index contributed by atoms with van der Waals surface area (Å²) in [6, 6.07) is 9.57. The molecule has 1 aromatic heterocycles. The van der Waals surface area contributed by atoms with Gasteiger partial charge in [0.15, 0.2) is 0 Å². The molecule has 0 fully saturated rings. The highest BCUT2D eigenvalue weighted by atomic mass is 35.5. The molecule has 0 aliphatic rings. The van der Waals surface area contributed by atoms with Crippen LogP contribution in [0.1, 0.15) is 0 Å². The van der Waals surface area contributed by atoms with E-state index >= 15 is 0 Å². The van der Waals surface area contributed by atoms with Crippen LogP contribution in [0.3, 0.4) is 0 Å². The van der Waals surface area contributed by atoms with Gasteiger partial charge in [0.05, 0.1) is 29.5 Å². The van der Waals surface area contributed by atoms with Gasteiger partial charge in [0.2, 0.25) is 0 Å². The monoisotopic (exact) mass is 408 g/mol. The lowest BCUT2D eigenvalue weighted by Crippen LogP contribution is -2.16. The number of anilines is 1. The van der Waals surface area contributed by atoms with E-state index in [-0.39, 0.29) is 22.0 Å². The average Bonchev–Trinajstić information content (AvgIpc) is 3.15. The molecule has 0 saturated carbocycles. The van der Waals surface area contributed by atoms with Crippen LogP contribution in [0.2, 0.25) is 5.02 Å². The van der Waals surface area contributed by atoms with Crippen molar-refractivity contribution in [2.24, 2.45) is 0 Å².